The lowest BCUT2D eigenvalue weighted by molar-refractivity contribution is 0.182. The third kappa shape index (κ3) is 3.72. The number of rotatable bonds is 7. The lowest BCUT2D eigenvalue weighted by atomic mass is 9.99. The van der Waals surface area contributed by atoms with Gasteiger partial charge in [0, 0.05) is 44.1 Å². The van der Waals surface area contributed by atoms with Gasteiger partial charge in [-0.3, -0.25) is 0 Å². The largest absolute Gasteiger partial charge is 0.385 e. The summed E-state index contributed by atoms with van der Waals surface area (Å²) in [5.74, 6) is 1.20. The van der Waals surface area contributed by atoms with E-state index in [4.69, 9.17) is 14.8 Å². The van der Waals surface area contributed by atoms with E-state index >= 15 is 0 Å². The summed E-state index contributed by atoms with van der Waals surface area (Å²) in [6, 6.07) is 4.88. The molecule has 0 radical (unpaired) electrons. The van der Waals surface area contributed by atoms with E-state index in [1.807, 2.05) is 0 Å². The summed E-state index contributed by atoms with van der Waals surface area (Å²) in [4.78, 5) is 7.22. The van der Waals surface area contributed by atoms with Crippen molar-refractivity contribution in [2.75, 3.05) is 25.2 Å². The van der Waals surface area contributed by atoms with Gasteiger partial charge in [0.05, 0.1) is 5.69 Å². The molecule has 0 bridgehead atoms. The molecular weight excluding hydrogens is 300 g/mol. The van der Waals surface area contributed by atoms with Crippen molar-refractivity contribution >= 4 is 11.5 Å². The van der Waals surface area contributed by atoms with Crippen molar-refractivity contribution in [3.05, 3.63) is 23.5 Å². The van der Waals surface area contributed by atoms with Crippen molar-refractivity contribution in [1.29, 1.82) is 0 Å². The van der Waals surface area contributed by atoms with Gasteiger partial charge < -0.3 is 9.64 Å². The molecule has 2 aromatic rings. The van der Waals surface area contributed by atoms with E-state index in [9.17, 15) is 0 Å². The van der Waals surface area contributed by atoms with E-state index in [0.717, 1.165) is 43.0 Å². The molecule has 3 rings (SSSR count). The highest BCUT2D eigenvalue weighted by molar-refractivity contribution is 5.52. The van der Waals surface area contributed by atoms with Crippen molar-refractivity contribution in [1.82, 2.24) is 14.6 Å². The van der Waals surface area contributed by atoms with Gasteiger partial charge >= 0.3 is 0 Å². The van der Waals surface area contributed by atoms with Gasteiger partial charge in [-0.05, 0) is 45.4 Å². The Morgan fingerprint density at radius 2 is 2.17 bits per heavy atom. The predicted molar refractivity (Wildman–Crippen MR) is 97.8 cm³/mol. The normalized spacial score (nSPS) is 18.5. The van der Waals surface area contributed by atoms with Crippen molar-refractivity contribution in [3.63, 3.8) is 0 Å². The predicted octanol–water partition coefficient (Wildman–Crippen LogP) is 3.78. The molecule has 2 aromatic heterocycles. The van der Waals surface area contributed by atoms with Crippen LogP contribution in [0.15, 0.2) is 12.1 Å². The van der Waals surface area contributed by atoms with E-state index in [2.05, 4.69) is 35.4 Å². The van der Waals surface area contributed by atoms with Crippen LogP contribution in [0, 0.1) is 6.92 Å². The quantitative estimate of drug-likeness (QED) is 0.775. The Hall–Kier alpha value is -1.62. The topological polar surface area (TPSA) is 42.7 Å². The molecule has 1 saturated heterocycles. The Morgan fingerprint density at radius 3 is 2.96 bits per heavy atom. The number of piperidine rings is 1. The van der Waals surface area contributed by atoms with Gasteiger partial charge in [-0.25, -0.2) is 4.98 Å². The van der Waals surface area contributed by atoms with Gasteiger partial charge in [-0.1, -0.05) is 13.3 Å². The summed E-state index contributed by atoms with van der Waals surface area (Å²) in [7, 11) is 1.79. The van der Waals surface area contributed by atoms with Crippen LogP contribution in [0.4, 0.5) is 5.82 Å². The third-order valence-electron chi connectivity index (χ3n) is 4.95. The molecule has 0 saturated carbocycles. The maximum Gasteiger partial charge on any atom is 0.157 e. The molecule has 0 aliphatic carbocycles. The number of fused-ring (bicyclic) bond motifs is 1. The Morgan fingerprint density at radius 1 is 1.29 bits per heavy atom. The molecule has 0 amide bonds. The molecular formula is C19H30N4O. The minimum absolute atomic E-state index is 0.534. The Labute approximate surface area is 145 Å². The summed E-state index contributed by atoms with van der Waals surface area (Å²) in [5, 5.41) is 4.86. The standard InChI is InChI=1S/C19H30N4O/c1-4-5-8-16-14-18-20-15(2)13-19(23(18)21-16)22-11-7-6-9-17(22)10-12-24-3/h13-14,17H,4-12H2,1-3H3. The van der Waals surface area contributed by atoms with Gasteiger partial charge in [0.15, 0.2) is 5.65 Å². The van der Waals surface area contributed by atoms with Crippen LogP contribution in [0.3, 0.4) is 0 Å². The number of hydrogen-bond acceptors (Lipinski definition) is 4. The molecule has 1 unspecified atom stereocenters. The van der Waals surface area contributed by atoms with E-state index in [0.29, 0.717) is 6.04 Å². The number of aryl methyl sites for hydroxylation is 2. The molecule has 5 heteroatoms. The Bertz CT molecular complexity index is 667. The molecule has 3 heterocycles. The van der Waals surface area contributed by atoms with E-state index in [1.165, 1.54) is 37.9 Å². The zero-order chi connectivity index (χ0) is 16.9. The minimum Gasteiger partial charge on any atom is -0.385 e. The number of hydrogen-bond donors (Lipinski definition) is 0. The van der Waals surface area contributed by atoms with E-state index in [-0.39, 0.29) is 0 Å². The summed E-state index contributed by atoms with van der Waals surface area (Å²) in [5.41, 5.74) is 3.20. The number of methoxy groups -OCH3 is 1. The van der Waals surface area contributed by atoms with Crippen molar-refractivity contribution in [3.8, 4) is 0 Å². The van der Waals surface area contributed by atoms with Gasteiger partial charge in [-0.2, -0.15) is 9.61 Å². The highest BCUT2D eigenvalue weighted by Crippen LogP contribution is 2.28. The molecule has 0 aromatic carbocycles. The number of nitrogens with zero attached hydrogens (tertiary/aromatic N) is 4. The van der Waals surface area contributed by atoms with Crippen molar-refractivity contribution < 1.29 is 4.74 Å². The number of aromatic nitrogens is 3. The first-order chi connectivity index (χ1) is 11.7. The van der Waals surface area contributed by atoms with Crippen LogP contribution in [0.25, 0.3) is 5.65 Å². The fraction of sp³-hybridized carbons (Fsp3) is 0.684. The summed E-state index contributed by atoms with van der Waals surface area (Å²) >= 11 is 0. The van der Waals surface area contributed by atoms with Gasteiger partial charge in [0.25, 0.3) is 0 Å². The molecule has 1 fully saturated rings. The lowest BCUT2D eigenvalue weighted by Gasteiger charge is -2.37. The molecule has 0 spiro atoms. The smallest absolute Gasteiger partial charge is 0.157 e. The second kappa shape index (κ2) is 7.97. The maximum atomic E-state index is 5.33. The fourth-order valence-corrected chi connectivity index (χ4v) is 3.67. The summed E-state index contributed by atoms with van der Waals surface area (Å²) < 4.78 is 7.39. The molecule has 24 heavy (non-hydrogen) atoms. The average molecular weight is 330 g/mol. The lowest BCUT2D eigenvalue weighted by Crippen LogP contribution is -2.41. The van der Waals surface area contributed by atoms with Gasteiger partial charge in [-0.15, -0.1) is 0 Å². The monoisotopic (exact) mass is 330 g/mol. The van der Waals surface area contributed by atoms with Crippen LogP contribution in [0.5, 0.6) is 0 Å². The average Bonchev–Trinajstić information content (AvgIpc) is 3.00. The second-order valence-electron chi connectivity index (χ2n) is 6.89. The van der Waals surface area contributed by atoms with Crippen LogP contribution < -0.4 is 4.90 Å². The zero-order valence-corrected chi connectivity index (χ0v) is 15.3. The second-order valence-corrected chi connectivity index (χ2v) is 6.89. The van der Waals surface area contributed by atoms with Gasteiger partial charge in [0.2, 0.25) is 0 Å². The molecule has 1 atom stereocenters. The summed E-state index contributed by atoms with van der Waals surface area (Å²) in [6.07, 6.45) is 8.26. The summed E-state index contributed by atoms with van der Waals surface area (Å²) in [6.45, 7) is 6.21. The minimum atomic E-state index is 0.534. The molecule has 5 nitrogen and oxygen atoms in total. The number of anilines is 1. The Balaban J connectivity index is 1.95. The third-order valence-corrected chi connectivity index (χ3v) is 4.95. The van der Waals surface area contributed by atoms with Crippen molar-refractivity contribution in [2.24, 2.45) is 0 Å². The highest BCUT2D eigenvalue weighted by atomic mass is 16.5. The van der Waals surface area contributed by atoms with E-state index in [1.54, 1.807) is 7.11 Å². The first-order valence-electron chi connectivity index (χ1n) is 9.34. The van der Waals surface area contributed by atoms with E-state index < -0.39 is 0 Å². The van der Waals surface area contributed by atoms with Crippen LogP contribution in [0.1, 0.15) is 56.8 Å². The van der Waals surface area contributed by atoms with Crippen LogP contribution >= 0.6 is 0 Å². The van der Waals surface area contributed by atoms with Crippen molar-refractivity contribution in [2.45, 2.75) is 64.8 Å². The van der Waals surface area contributed by atoms with Crippen LogP contribution in [-0.4, -0.2) is 40.9 Å². The highest BCUT2D eigenvalue weighted by Gasteiger charge is 2.25. The molecule has 132 valence electrons. The first kappa shape index (κ1) is 17.2. The maximum absolute atomic E-state index is 5.33. The molecule has 1 aliphatic rings. The first-order valence-corrected chi connectivity index (χ1v) is 9.34. The number of unbranched alkanes of at least 4 members (excludes halogenated alkanes) is 1. The van der Waals surface area contributed by atoms with Crippen LogP contribution in [-0.2, 0) is 11.2 Å². The SMILES string of the molecule is CCCCc1cc2nc(C)cc(N3CCCCC3CCOC)n2n1. The molecule has 0 N–H and O–H groups in total. The molecule has 1 aliphatic heterocycles. The Kier molecular flexibility index (Phi) is 5.72. The number of ether oxygens (including phenoxy) is 1. The van der Waals surface area contributed by atoms with Crippen LogP contribution in [0.2, 0.25) is 0 Å². The van der Waals surface area contributed by atoms with Gasteiger partial charge in [0.1, 0.15) is 5.82 Å². The zero-order valence-electron chi connectivity index (χ0n) is 15.3. The fourth-order valence-electron chi connectivity index (χ4n) is 3.67.